The van der Waals surface area contributed by atoms with E-state index in [1.54, 1.807) is 0 Å². The highest BCUT2D eigenvalue weighted by Crippen LogP contribution is 2.34. The maximum Gasteiger partial charge on any atom is 0.393 e. The number of hydrogen-bond donors (Lipinski definition) is 0. The van der Waals surface area contributed by atoms with E-state index >= 15 is 0 Å². The van der Waals surface area contributed by atoms with Crippen LogP contribution in [0.15, 0.2) is 12.7 Å². The third-order valence-electron chi connectivity index (χ3n) is 6.44. The summed E-state index contributed by atoms with van der Waals surface area (Å²) >= 11 is 0. The van der Waals surface area contributed by atoms with Crippen LogP contribution in [0, 0.1) is 11.8 Å². The van der Waals surface area contributed by atoms with Crippen LogP contribution in [-0.4, -0.2) is 74.2 Å². The summed E-state index contributed by atoms with van der Waals surface area (Å²) in [5.41, 5.74) is 0. The molecule has 0 aliphatic carbocycles. The average molecular weight is 790 g/mol. The van der Waals surface area contributed by atoms with E-state index in [2.05, 4.69) is 107 Å². The minimum absolute atomic E-state index is 0.299. The molecule has 17 heteroatoms. The Bertz CT molecular complexity index is 960. The van der Waals surface area contributed by atoms with Crippen LogP contribution in [0.2, 0.25) is 110 Å². The Morgan fingerprint density at radius 2 is 0.870 bits per heavy atom. The molecule has 0 aromatic rings. The Morgan fingerprint density at radius 1 is 0.565 bits per heavy atom. The van der Waals surface area contributed by atoms with Crippen molar-refractivity contribution in [1.29, 1.82) is 0 Å². The summed E-state index contributed by atoms with van der Waals surface area (Å²) in [6.45, 7) is 43.8. The van der Waals surface area contributed by atoms with Crippen molar-refractivity contribution in [3.05, 3.63) is 12.7 Å². The summed E-state index contributed by atoms with van der Waals surface area (Å²) in [4.78, 5) is 12.5. The van der Waals surface area contributed by atoms with Gasteiger partial charge in [0.1, 0.15) is 0 Å². The first-order valence-corrected chi connectivity index (χ1v) is 39.3. The Morgan fingerprint density at radius 3 is 1.15 bits per heavy atom. The minimum Gasteiger partial charge on any atom is -0.492 e. The number of carbonyl (C=O) groups is 1. The molecular formula is C29H72O9Si8. The molecule has 0 rings (SSSR count). The van der Waals surface area contributed by atoms with Crippen molar-refractivity contribution < 1.29 is 38.0 Å². The van der Waals surface area contributed by atoms with Crippen molar-refractivity contribution in [3.8, 4) is 0 Å². The molecule has 0 aliphatic heterocycles. The van der Waals surface area contributed by atoms with Gasteiger partial charge >= 0.3 is 65.9 Å². The summed E-state index contributed by atoms with van der Waals surface area (Å²) in [6, 6.07) is 2.52. The molecule has 0 unspecified atom stereocenters. The highest BCUT2D eigenvalue weighted by Gasteiger charge is 2.52. The van der Waals surface area contributed by atoms with Crippen LogP contribution in [0.4, 0.5) is 0 Å². The molecule has 0 aliphatic rings. The van der Waals surface area contributed by atoms with Gasteiger partial charge in [0.2, 0.25) is 0 Å². The van der Waals surface area contributed by atoms with Gasteiger partial charge in [0.25, 0.3) is 0 Å². The van der Waals surface area contributed by atoms with Gasteiger partial charge < -0.3 is 33.2 Å². The lowest BCUT2D eigenvalue weighted by molar-refractivity contribution is -0.130. The highest BCUT2D eigenvalue weighted by atomic mass is 28.5. The first kappa shape index (κ1) is 46.7. The van der Waals surface area contributed by atoms with Crippen LogP contribution in [0.25, 0.3) is 0 Å². The first-order valence-electron chi connectivity index (χ1n) is 17.1. The van der Waals surface area contributed by atoms with Gasteiger partial charge in [-0.1, -0.05) is 54.0 Å². The van der Waals surface area contributed by atoms with Crippen molar-refractivity contribution >= 4 is 74.2 Å². The van der Waals surface area contributed by atoms with Gasteiger partial charge in [0.05, 0.1) is 0 Å². The molecule has 0 heterocycles. The van der Waals surface area contributed by atoms with Crippen molar-refractivity contribution in [1.82, 2.24) is 0 Å². The lowest BCUT2D eigenvalue weighted by Gasteiger charge is -2.44. The second-order valence-corrected chi connectivity index (χ2v) is 46.1. The fourth-order valence-corrected chi connectivity index (χ4v) is 48.1. The zero-order valence-electron chi connectivity index (χ0n) is 33.1. The molecule has 0 bridgehead atoms. The largest absolute Gasteiger partial charge is 0.492 e. The molecule has 0 aromatic carbocycles. The molecule has 46 heavy (non-hydrogen) atoms. The molecule has 0 saturated carbocycles. The number of hydrogen-bond acceptors (Lipinski definition) is 9. The quantitative estimate of drug-likeness (QED) is 0.0742. The summed E-state index contributed by atoms with van der Waals surface area (Å²) in [7, 11) is -20.8. The molecule has 0 N–H and O–H groups in total. The van der Waals surface area contributed by atoms with E-state index in [0.29, 0.717) is 23.9 Å². The summed E-state index contributed by atoms with van der Waals surface area (Å²) in [6.07, 6.45) is 3.58. The number of unbranched alkanes of at least 4 members (excludes halogenated alkanes) is 1. The molecule has 9 nitrogen and oxygen atoms in total. The maximum absolute atomic E-state index is 12.5. The fourth-order valence-electron chi connectivity index (χ4n) is 6.59. The molecule has 274 valence electrons. The van der Waals surface area contributed by atoms with Gasteiger partial charge in [-0.15, -0.1) is 0 Å². The molecule has 0 fully saturated rings. The van der Waals surface area contributed by atoms with Gasteiger partial charge in [-0.2, -0.15) is 0 Å². The van der Waals surface area contributed by atoms with Crippen LogP contribution in [0.3, 0.4) is 0 Å². The summed E-state index contributed by atoms with van der Waals surface area (Å²) in [5.74, 6) is 0.162. The Kier molecular flexibility index (Phi) is 18.0. The standard InChI is InChI=1S/C29H72O9Si8/c1-21-23-24-39(7,8)32-40(9,10)33-41(11,12)34-42(13,14)35-43(15,16)36-44(17,18)37-45(19,20)38-46(25-27(3)4,26-28(5)6)31-29(30)22-2/h22,27-28H,2,21,23-26H2,1,3-20H3. The Hall–Kier alpha value is 0.665. The van der Waals surface area contributed by atoms with Gasteiger partial charge in [0.15, 0.2) is 8.32 Å². The van der Waals surface area contributed by atoms with E-state index in [4.69, 9.17) is 33.2 Å². The van der Waals surface area contributed by atoms with E-state index < -0.39 is 74.2 Å². The lowest BCUT2D eigenvalue weighted by Crippen LogP contribution is -2.62. The van der Waals surface area contributed by atoms with Crippen LogP contribution in [0.1, 0.15) is 47.5 Å². The third kappa shape index (κ3) is 20.4. The van der Waals surface area contributed by atoms with E-state index in [0.717, 1.165) is 6.04 Å². The second kappa shape index (κ2) is 17.7. The molecule has 0 radical (unpaired) electrons. The van der Waals surface area contributed by atoms with E-state index in [-0.39, 0.29) is 0 Å². The predicted octanol–water partition coefficient (Wildman–Crippen LogP) is 9.80. The highest BCUT2D eigenvalue weighted by molar-refractivity contribution is 6.92. The van der Waals surface area contributed by atoms with Gasteiger partial charge in [-0.3, -0.25) is 0 Å². The normalized spacial score (nSPS) is 14.7. The van der Waals surface area contributed by atoms with Gasteiger partial charge in [0, 0.05) is 18.2 Å². The monoisotopic (exact) mass is 788 g/mol. The van der Waals surface area contributed by atoms with Crippen LogP contribution in [0.5, 0.6) is 0 Å². The van der Waals surface area contributed by atoms with E-state index in [9.17, 15) is 4.79 Å². The van der Waals surface area contributed by atoms with Gasteiger partial charge in [-0.25, -0.2) is 4.79 Å². The third-order valence-corrected chi connectivity index (χ3v) is 38.7. The van der Waals surface area contributed by atoms with Gasteiger partial charge in [-0.05, 0) is 110 Å². The van der Waals surface area contributed by atoms with Crippen LogP contribution in [-0.2, 0) is 38.0 Å². The zero-order valence-corrected chi connectivity index (χ0v) is 41.1. The molecule has 0 spiro atoms. The molecular weight excluding hydrogens is 717 g/mol. The van der Waals surface area contributed by atoms with Crippen LogP contribution >= 0.6 is 0 Å². The zero-order chi connectivity index (χ0) is 36.6. The Labute approximate surface area is 292 Å². The van der Waals surface area contributed by atoms with Crippen molar-refractivity contribution in [2.75, 3.05) is 0 Å². The van der Waals surface area contributed by atoms with Crippen molar-refractivity contribution in [2.45, 2.75) is 157 Å². The SMILES string of the molecule is C=CC(=O)O[Si](CC(C)C)(CC(C)C)O[Si](C)(C)O[Si](C)(C)O[Si](C)(C)O[Si](C)(C)O[Si](C)(C)O[Si](C)(C)O[Si](C)(C)CCCC. The topological polar surface area (TPSA) is 90.9 Å². The Balaban J connectivity index is 5.78. The molecule has 0 saturated heterocycles. The van der Waals surface area contributed by atoms with E-state index in [1.807, 2.05) is 26.2 Å². The summed E-state index contributed by atoms with van der Waals surface area (Å²) in [5, 5.41) is 0. The second-order valence-electron chi connectivity index (χ2n) is 16.7. The first-order chi connectivity index (χ1) is 20.3. The fraction of sp³-hybridized carbons (Fsp3) is 0.897. The molecule has 0 amide bonds. The smallest absolute Gasteiger partial charge is 0.393 e. The summed E-state index contributed by atoms with van der Waals surface area (Å²) < 4.78 is 53.6. The minimum atomic E-state index is -2.97. The van der Waals surface area contributed by atoms with E-state index in [1.165, 1.54) is 18.9 Å². The molecule has 0 atom stereocenters. The maximum atomic E-state index is 12.5. The molecule has 0 aromatic heterocycles. The number of carbonyl (C=O) groups excluding carboxylic acids is 1. The average Bonchev–Trinajstić information content (AvgIpc) is 2.70. The predicted molar refractivity (Wildman–Crippen MR) is 211 cm³/mol. The number of rotatable bonds is 23. The lowest BCUT2D eigenvalue weighted by atomic mass is 10.3. The van der Waals surface area contributed by atoms with Crippen LogP contribution < -0.4 is 0 Å². The van der Waals surface area contributed by atoms with Crippen molar-refractivity contribution in [2.24, 2.45) is 11.8 Å². The van der Waals surface area contributed by atoms with Crippen molar-refractivity contribution in [3.63, 3.8) is 0 Å².